The number of hydrogen-bond acceptors (Lipinski definition) is 3. The molecule has 0 aromatic heterocycles. The Bertz CT molecular complexity index is 1020. The molecule has 5 heteroatoms. The minimum absolute atomic E-state index is 0.456. The number of piperazine rings is 2. The van der Waals surface area contributed by atoms with Gasteiger partial charge in [0.25, 0.3) is 0 Å². The van der Waals surface area contributed by atoms with E-state index in [1.165, 1.54) is 16.9 Å². The van der Waals surface area contributed by atoms with Crippen molar-refractivity contribution >= 4 is 11.4 Å². The van der Waals surface area contributed by atoms with Gasteiger partial charge in [-0.15, -0.1) is 0 Å². The molecule has 0 radical (unpaired) electrons. The van der Waals surface area contributed by atoms with Crippen molar-refractivity contribution in [3.05, 3.63) is 89.5 Å². The summed E-state index contributed by atoms with van der Waals surface area (Å²) in [7, 11) is 0. The fourth-order valence-electron chi connectivity index (χ4n) is 5.72. The van der Waals surface area contributed by atoms with Gasteiger partial charge in [-0.3, -0.25) is 0 Å². The molecule has 0 amide bonds. The van der Waals surface area contributed by atoms with Crippen molar-refractivity contribution in [2.45, 2.75) is 32.9 Å². The lowest BCUT2D eigenvalue weighted by Crippen LogP contribution is -3.13. The number of nitrogens with one attached hydrogen (secondary N) is 2. The number of nitrogens with zero attached hydrogens (tertiary/aromatic N) is 2. The zero-order valence-electron chi connectivity index (χ0n) is 21.9. The van der Waals surface area contributed by atoms with Crippen molar-refractivity contribution in [2.24, 2.45) is 0 Å². The monoisotopic (exact) mass is 486 g/mol. The molecule has 2 fully saturated rings. The van der Waals surface area contributed by atoms with E-state index in [9.17, 15) is 5.11 Å². The standard InChI is InChI=1S/C31H40N4O/c1-25(2)26-21-27(23-32-13-17-34(18-14-32)29-9-5-3-6-10-29)31(36)28(22-26)24-33-15-19-35(20-16-33)30-11-7-4-8-12-30/h3-12,21-22,25,36H,13-20,23-24H2,1-2H3/p+2. The predicted molar refractivity (Wildman–Crippen MR) is 148 cm³/mol. The van der Waals surface area contributed by atoms with Gasteiger partial charge in [0, 0.05) is 22.5 Å². The zero-order valence-corrected chi connectivity index (χ0v) is 21.9. The molecule has 3 aromatic carbocycles. The van der Waals surface area contributed by atoms with Gasteiger partial charge in [-0.2, -0.15) is 0 Å². The highest BCUT2D eigenvalue weighted by Gasteiger charge is 2.25. The number of anilines is 2. The summed E-state index contributed by atoms with van der Waals surface area (Å²) in [5.74, 6) is 0.994. The third-order valence-electron chi connectivity index (χ3n) is 8.02. The van der Waals surface area contributed by atoms with Gasteiger partial charge in [0.2, 0.25) is 0 Å². The van der Waals surface area contributed by atoms with Gasteiger partial charge in [0.05, 0.1) is 52.4 Å². The lowest BCUT2D eigenvalue weighted by molar-refractivity contribution is -0.915. The number of para-hydroxylation sites is 2. The Labute approximate surface area is 216 Å². The van der Waals surface area contributed by atoms with Crippen LogP contribution in [-0.4, -0.2) is 57.5 Å². The Kier molecular flexibility index (Phi) is 7.78. The van der Waals surface area contributed by atoms with Crippen molar-refractivity contribution in [1.82, 2.24) is 0 Å². The van der Waals surface area contributed by atoms with Gasteiger partial charge in [-0.1, -0.05) is 50.2 Å². The molecular formula is C31H42N4O+2. The van der Waals surface area contributed by atoms with Crippen molar-refractivity contribution in [2.75, 3.05) is 62.2 Å². The fraction of sp³-hybridized carbons (Fsp3) is 0.419. The van der Waals surface area contributed by atoms with Crippen LogP contribution in [0.1, 0.15) is 36.5 Å². The first-order valence-electron chi connectivity index (χ1n) is 13.7. The molecule has 2 saturated heterocycles. The normalized spacial score (nSPS) is 17.6. The highest BCUT2D eigenvalue weighted by atomic mass is 16.3. The van der Waals surface area contributed by atoms with Gasteiger partial charge < -0.3 is 24.7 Å². The van der Waals surface area contributed by atoms with E-state index >= 15 is 0 Å². The first-order chi connectivity index (χ1) is 17.6. The van der Waals surface area contributed by atoms with Crippen LogP contribution in [0.3, 0.4) is 0 Å². The Hall–Kier alpha value is -3.02. The van der Waals surface area contributed by atoms with Crippen LogP contribution in [0.4, 0.5) is 11.4 Å². The van der Waals surface area contributed by atoms with Crippen LogP contribution < -0.4 is 19.6 Å². The lowest BCUT2D eigenvalue weighted by atomic mass is 9.95. The van der Waals surface area contributed by atoms with E-state index in [0.29, 0.717) is 11.7 Å². The molecule has 0 spiro atoms. The third-order valence-corrected chi connectivity index (χ3v) is 8.02. The first-order valence-corrected chi connectivity index (χ1v) is 13.7. The maximum absolute atomic E-state index is 11.4. The number of phenolic OH excluding ortho intramolecular Hbond substituents is 1. The van der Waals surface area contributed by atoms with Crippen LogP contribution in [0.15, 0.2) is 72.8 Å². The average Bonchev–Trinajstić information content (AvgIpc) is 2.92. The second kappa shape index (κ2) is 11.4. The molecule has 0 bridgehead atoms. The quantitative estimate of drug-likeness (QED) is 0.480. The minimum Gasteiger partial charge on any atom is -0.507 e. The van der Waals surface area contributed by atoms with Crippen LogP contribution in [0.25, 0.3) is 0 Å². The SMILES string of the molecule is CC(C)c1cc(C[NH+]2CCN(c3ccccc3)CC2)c(O)c(C[NH+]2CCN(c3ccccc3)CC2)c1. The molecule has 2 aliphatic heterocycles. The topological polar surface area (TPSA) is 35.6 Å². The predicted octanol–water partition coefficient (Wildman–Crippen LogP) is 2.33. The van der Waals surface area contributed by atoms with Crippen LogP contribution in [0.2, 0.25) is 0 Å². The number of hydrogen-bond donors (Lipinski definition) is 3. The van der Waals surface area contributed by atoms with E-state index in [1.807, 2.05) is 0 Å². The van der Waals surface area contributed by atoms with E-state index in [2.05, 4.69) is 96.4 Å². The summed E-state index contributed by atoms with van der Waals surface area (Å²) < 4.78 is 0. The zero-order chi connectivity index (χ0) is 24.9. The lowest BCUT2D eigenvalue weighted by Gasteiger charge is -2.34. The molecule has 5 nitrogen and oxygen atoms in total. The van der Waals surface area contributed by atoms with E-state index in [0.717, 1.165) is 76.6 Å². The Morgan fingerprint density at radius 2 is 1.06 bits per heavy atom. The van der Waals surface area contributed by atoms with Crippen molar-refractivity contribution in [3.8, 4) is 5.75 Å². The number of rotatable bonds is 7. The number of aromatic hydroxyl groups is 1. The van der Waals surface area contributed by atoms with Gasteiger partial charge in [-0.25, -0.2) is 0 Å². The second-order valence-electron chi connectivity index (χ2n) is 10.8. The van der Waals surface area contributed by atoms with E-state index in [4.69, 9.17) is 0 Å². The first kappa shape index (κ1) is 24.7. The average molecular weight is 487 g/mol. The maximum atomic E-state index is 11.4. The molecule has 2 heterocycles. The van der Waals surface area contributed by atoms with Gasteiger partial charge in [0.15, 0.2) is 0 Å². The van der Waals surface area contributed by atoms with Crippen LogP contribution in [-0.2, 0) is 13.1 Å². The molecule has 5 rings (SSSR count). The molecule has 2 aliphatic rings. The van der Waals surface area contributed by atoms with Crippen LogP contribution >= 0.6 is 0 Å². The van der Waals surface area contributed by atoms with Gasteiger partial charge in [0.1, 0.15) is 18.8 Å². The largest absolute Gasteiger partial charge is 0.507 e. The van der Waals surface area contributed by atoms with Crippen LogP contribution in [0, 0.1) is 0 Å². The minimum atomic E-state index is 0.456. The smallest absolute Gasteiger partial charge is 0.133 e. The summed E-state index contributed by atoms with van der Waals surface area (Å²) in [4.78, 5) is 8.09. The summed E-state index contributed by atoms with van der Waals surface area (Å²) in [6.07, 6.45) is 0. The summed E-state index contributed by atoms with van der Waals surface area (Å²) in [6, 6.07) is 26.0. The summed E-state index contributed by atoms with van der Waals surface area (Å²) in [6.45, 7) is 15.0. The number of quaternary nitrogens is 2. The summed E-state index contributed by atoms with van der Waals surface area (Å²) in [5, 5.41) is 11.4. The molecule has 3 N–H and O–H groups in total. The molecule has 0 unspecified atom stereocenters. The molecule has 0 atom stereocenters. The second-order valence-corrected chi connectivity index (χ2v) is 10.8. The van der Waals surface area contributed by atoms with Gasteiger partial charge in [-0.05, 0) is 47.9 Å². The van der Waals surface area contributed by atoms with Crippen molar-refractivity contribution in [1.29, 1.82) is 0 Å². The fourth-order valence-corrected chi connectivity index (χ4v) is 5.72. The number of phenols is 1. The highest BCUT2D eigenvalue weighted by Crippen LogP contribution is 2.28. The Morgan fingerprint density at radius 1 is 0.667 bits per heavy atom. The molecule has 36 heavy (non-hydrogen) atoms. The number of benzene rings is 3. The Morgan fingerprint density at radius 3 is 1.42 bits per heavy atom. The third kappa shape index (κ3) is 5.85. The molecule has 0 saturated carbocycles. The highest BCUT2D eigenvalue weighted by molar-refractivity contribution is 5.47. The molecule has 190 valence electrons. The van der Waals surface area contributed by atoms with Gasteiger partial charge >= 0.3 is 0 Å². The molecule has 3 aromatic rings. The summed E-state index contributed by atoms with van der Waals surface area (Å²) in [5.41, 5.74) is 6.24. The van der Waals surface area contributed by atoms with E-state index < -0.39 is 0 Å². The summed E-state index contributed by atoms with van der Waals surface area (Å²) >= 11 is 0. The van der Waals surface area contributed by atoms with Crippen LogP contribution in [0.5, 0.6) is 5.75 Å². The molecular weight excluding hydrogens is 444 g/mol. The molecule has 0 aliphatic carbocycles. The maximum Gasteiger partial charge on any atom is 0.133 e. The van der Waals surface area contributed by atoms with Crippen molar-refractivity contribution < 1.29 is 14.9 Å². The Balaban J connectivity index is 1.23. The van der Waals surface area contributed by atoms with Crippen molar-refractivity contribution in [3.63, 3.8) is 0 Å². The van der Waals surface area contributed by atoms with E-state index in [-0.39, 0.29) is 0 Å². The van der Waals surface area contributed by atoms with E-state index in [1.54, 1.807) is 9.80 Å².